The lowest BCUT2D eigenvalue weighted by molar-refractivity contribution is 0.146. The first kappa shape index (κ1) is 18.3. The average molecular weight is 310 g/mol. The number of rotatable bonds is 9. The molecule has 0 bridgehead atoms. The second kappa shape index (κ2) is 10.0. The summed E-state index contributed by atoms with van der Waals surface area (Å²) in [4.78, 5) is 12.0. The van der Waals surface area contributed by atoms with Crippen molar-refractivity contribution in [2.24, 2.45) is 5.92 Å². The van der Waals surface area contributed by atoms with Crippen LogP contribution in [0.4, 0.5) is 10.5 Å². The van der Waals surface area contributed by atoms with Crippen molar-refractivity contribution in [3.8, 4) is 5.75 Å². The zero-order valence-corrected chi connectivity index (χ0v) is 13.5. The van der Waals surface area contributed by atoms with E-state index in [4.69, 9.17) is 9.47 Å². The van der Waals surface area contributed by atoms with Gasteiger partial charge in [0.25, 0.3) is 0 Å². The van der Waals surface area contributed by atoms with E-state index >= 15 is 0 Å². The molecule has 1 rings (SSSR count). The molecule has 3 N–H and O–H groups in total. The van der Waals surface area contributed by atoms with Gasteiger partial charge in [0.2, 0.25) is 0 Å². The molecule has 6 nitrogen and oxygen atoms in total. The van der Waals surface area contributed by atoms with Gasteiger partial charge in [-0.05, 0) is 18.1 Å². The van der Waals surface area contributed by atoms with E-state index in [-0.39, 0.29) is 24.6 Å². The van der Waals surface area contributed by atoms with E-state index in [0.717, 1.165) is 6.42 Å². The predicted molar refractivity (Wildman–Crippen MR) is 86.3 cm³/mol. The molecule has 0 saturated heterocycles. The highest BCUT2D eigenvalue weighted by Gasteiger charge is 2.17. The molecule has 6 heteroatoms. The Labute approximate surface area is 131 Å². The molecule has 0 aliphatic heterocycles. The van der Waals surface area contributed by atoms with Crippen LogP contribution < -0.4 is 15.4 Å². The summed E-state index contributed by atoms with van der Waals surface area (Å²) in [6.45, 7) is 4.89. The minimum absolute atomic E-state index is 0.0808. The van der Waals surface area contributed by atoms with Gasteiger partial charge >= 0.3 is 6.03 Å². The Morgan fingerprint density at radius 3 is 2.77 bits per heavy atom. The predicted octanol–water partition coefficient (Wildman–Crippen LogP) is 2.24. The first-order valence-electron chi connectivity index (χ1n) is 7.50. The Morgan fingerprint density at radius 2 is 2.14 bits per heavy atom. The van der Waals surface area contributed by atoms with Gasteiger partial charge in [0.05, 0.1) is 19.3 Å². The number of aliphatic hydroxyl groups excluding tert-OH is 1. The maximum Gasteiger partial charge on any atom is 0.319 e. The molecule has 1 aromatic carbocycles. The van der Waals surface area contributed by atoms with Crippen molar-refractivity contribution in [2.75, 3.05) is 32.2 Å². The topological polar surface area (TPSA) is 79.8 Å². The number of hydrogen-bond donors (Lipinski definition) is 3. The van der Waals surface area contributed by atoms with Crippen LogP contribution >= 0.6 is 0 Å². The normalized spacial score (nSPS) is 13.3. The zero-order valence-electron chi connectivity index (χ0n) is 13.5. The van der Waals surface area contributed by atoms with Gasteiger partial charge < -0.3 is 25.2 Å². The number of hydrogen-bond acceptors (Lipinski definition) is 4. The van der Waals surface area contributed by atoms with Crippen molar-refractivity contribution in [3.05, 3.63) is 24.3 Å². The molecular formula is C16H26N2O4. The molecule has 0 spiro atoms. The van der Waals surface area contributed by atoms with Gasteiger partial charge in [-0.15, -0.1) is 0 Å². The van der Waals surface area contributed by atoms with Crippen molar-refractivity contribution >= 4 is 11.7 Å². The number of benzene rings is 1. The number of nitrogens with one attached hydrogen (secondary N) is 2. The zero-order chi connectivity index (χ0) is 16.4. The fourth-order valence-electron chi connectivity index (χ4n) is 1.89. The monoisotopic (exact) mass is 310 g/mol. The van der Waals surface area contributed by atoms with Crippen LogP contribution in [0.15, 0.2) is 24.3 Å². The van der Waals surface area contributed by atoms with Crippen LogP contribution in [0, 0.1) is 5.92 Å². The molecule has 0 aromatic heterocycles. The van der Waals surface area contributed by atoms with Crippen LogP contribution in [0.3, 0.4) is 0 Å². The number of methoxy groups -OCH3 is 1. The molecule has 2 amide bonds. The van der Waals surface area contributed by atoms with Gasteiger partial charge in [-0.2, -0.15) is 0 Å². The van der Waals surface area contributed by atoms with E-state index < -0.39 is 0 Å². The van der Waals surface area contributed by atoms with Crippen LogP contribution in [0.2, 0.25) is 0 Å². The Hall–Kier alpha value is -1.79. The van der Waals surface area contributed by atoms with Crippen LogP contribution in [0.25, 0.3) is 0 Å². The smallest absolute Gasteiger partial charge is 0.319 e. The molecule has 0 aliphatic rings. The van der Waals surface area contributed by atoms with Crippen molar-refractivity contribution in [1.82, 2.24) is 5.32 Å². The molecule has 0 aliphatic carbocycles. The van der Waals surface area contributed by atoms with Crippen LogP contribution in [0.1, 0.15) is 20.3 Å². The fraction of sp³-hybridized carbons (Fsp3) is 0.562. The fourth-order valence-corrected chi connectivity index (χ4v) is 1.89. The lowest BCUT2D eigenvalue weighted by Crippen LogP contribution is -2.43. The minimum atomic E-state index is -0.339. The molecule has 0 saturated carbocycles. The molecular weight excluding hydrogens is 284 g/mol. The van der Waals surface area contributed by atoms with Crippen LogP contribution in [-0.2, 0) is 4.74 Å². The SMILES string of the molecule is CC[C@@H](C)[C@H](CO)NC(=O)Nc1cccc(OCCOC)c1. The van der Waals surface area contributed by atoms with Crippen molar-refractivity contribution in [2.45, 2.75) is 26.3 Å². The summed E-state index contributed by atoms with van der Waals surface area (Å²) in [5, 5.41) is 14.9. The van der Waals surface area contributed by atoms with E-state index in [1.54, 1.807) is 25.3 Å². The standard InChI is InChI=1S/C16H26N2O4/c1-4-12(2)15(11-19)18-16(20)17-13-6-5-7-14(10-13)22-9-8-21-3/h5-7,10,12,15,19H,4,8-9,11H2,1-3H3,(H2,17,18,20)/t12-,15+/m1/s1. The highest BCUT2D eigenvalue weighted by Crippen LogP contribution is 2.17. The average Bonchev–Trinajstić information content (AvgIpc) is 2.52. The number of amides is 2. The number of ether oxygens (including phenoxy) is 2. The minimum Gasteiger partial charge on any atom is -0.491 e. The maximum absolute atomic E-state index is 12.0. The van der Waals surface area contributed by atoms with Crippen molar-refractivity contribution in [1.29, 1.82) is 0 Å². The lowest BCUT2D eigenvalue weighted by Gasteiger charge is -2.22. The number of urea groups is 1. The third kappa shape index (κ3) is 6.32. The van der Waals surface area contributed by atoms with Gasteiger partial charge in [0.15, 0.2) is 0 Å². The van der Waals surface area contributed by atoms with Crippen LogP contribution in [-0.4, -0.2) is 44.1 Å². The van der Waals surface area contributed by atoms with Gasteiger partial charge in [0, 0.05) is 18.9 Å². The second-order valence-electron chi connectivity index (χ2n) is 5.14. The summed E-state index contributed by atoms with van der Waals surface area (Å²) in [6.07, 6.45) is 0.883. The van der Waals surface area contributed by atoms with Crippen molar-refractivity contribution in [3.63, 3.8) is 0 Å². The van der Waals surface area contributed by atoms with Gasteiger partial charge in [0.1, 0.15) is 12.4 Å². The Kier molecular flexibility index (Phi) is 8.32. The lowest BCUT2D eigenvalue weighted by atomic mass is 10.0. The number of aliphatic hydroxyl groups is 1. The Balaban J connectivity index is 2.54. The summed E-state index contributed by atoms with van der Waals surface area (Å²) >= 11 is 0. The third-order valence-electron chi connectivity index (χ3n) is 3.49. The summed E-state index contributed by atoms with van der Waals surface area (Å²) in [5.74, 6) is 0.870. The molecule has 124 valence electrons. The summed E-state index contributed by atoms with van der Waals surface area (Å²) in [7, 11) is 1.61. The van der Waals surface area contributed by atoms with Gasteiger partial charge in [-0.3, -0.25) is 0 Å². The summed E-state index contributed by atoms with van der Waals surface area (Å²) in [6, 6.07) is 6.54. The highest BCUT2D eigenvalue weighted by atomic mass is 16.5. The second-order valence-corrected chi connectivity index (χ2v) is 5.14. The number of anilines is 1. The first-order chi connectivity index (χ1) is 10.6. The number of carbonyl (C=O) groups is 1. The van der Waals surface area contributed by atoms with E-state index in [2.05, 4.69) is 10.6 Å². The van der Waals surface area contributed by atoms with Crippen molar-refractivity contribution < 1.29 is 19.4 Å². The van der Waals surface area contributed by atoms with E-state index in [9.17, 15) is 9.90 Å². The van der Waals surface area contributed by atoms with Crippen LogP contribution in [0.5, 0.6) is 5.75 Å². The highest BCUT2D eigenvalue weighted by molar-refractivity contribution is 5.89. The molecule has 0 radical (unpaired) electrons. The molecule has 0 heterocycles. The quantitative estimate of drug-likeness (QED) is 0.611. The molecule has 1 aromatic rings. The van der Waals surface area contributed by atoms with Gasteiger partial charge in [-0.1, -0.05) is 26.3 Å². The molecule has 0 fully saturated rings. The molecule has 22 heavy (non-hydrogen) atoms. The van der Waals surface area contributed by atoms with E-state index in [1.807, 2.05) is 19.9 Å². The van der Waals surface area contributed by atoms with E-state index in [0.29, 0.717) is 24.7 Å². The number of carbonyl (C=O) groups excluding carboxylic acids is 1. The van der Waals surface area contributed by atoms with E-state index in [1.165, 1.54) is 0 Å². The third-order valence-corrected chi connectivity index (χ3v) is 3.49. The first-order valence-corrected chi connectivity index (χ1v) is 7.50. The Bertz CT molecular complexity index is 454. The Morgan fingerprint density at radius 1 is 1.36 bits per heavy atom. The maximum atomic E-state index is 12.0. The van der Waals surface area contributed by atoms with Gasteiger partial charge in [-0.25, -0.2) is 4.79 Å². The summed E-state index contributed by atoms with van der Waals surface area (Å²) in [5.41, 5.74) is 0.633. The largest absolute Gasteiger partial charge is 0.491 e. The summed E-state index contributed by atoms with van der Waals surface area (Å²) < 4.78 is 10.4. The molecule has 0 unspecified atom stereocenters. The molecule has 2 atom stereocenters.